The number of hydrogen-bond acceptors (Lipinski definition) is 2. The second kappa shape index (κ2) is 6.60. The lowest BCUT2D eigenvalue weighted by Gasteiger charge is -2.17. The number of carbonyl (C=O) groups is 1. The van der Waals surface area contributed by atoms with Crippen molar-refractivity contribution in [2.24, 2.45) is 7.05 Å². The molecule has 0 saturated heterocycles. The largest absolute Gasteiger partial charge is 0.477 e. The molecule has 0 unspecified atom stereocenters. The molecule has 0 aliphatic carbocycles. The van der Waals surface area contributed by atoms with Crippen LogP contribution in [-0.2, 0) is 13.5 Å². The number of aryl methyl sites for hydroxylation is 2. The van der Waals surface area contributed by atoms with Crippen LogP contribution in [-0.4, -0.2) is 15.6 Å². The maximum absolute atomic E-state index is 12.3. The molecule has 1 heterocycles. The predicted octanol–water partition coefficient (Wildman–Crippen LogP) is 3.40. The highest BCUT2D eigenvalue weighted by Crippen LogP contribution is 2.23. The summed E-state index contributed by atoms with van der Waals surface area (Å²) in [6.45, 7) is 4.06. The minimum absolute atomic E-state index is 0.161. The predicted molar refractivity (Wildman–Crippen MR) is 87.4 cm³/mol. The summed E-state index contributed by atoms with van der Waals surface area (Å²) in [7, 11) is 1.83. The van der Waals surface area contributed by atoms with E-state index in [0.717, 1.165) is 36.1 Å². The number of pyridine rings is 1. The molecule has 0 saturated carbocycles. The highest BCUT2D eigenvalue weighted by atomic mass is 16.4. The van der Waals surface area contributed by atoms with Gasteiger partial charge < -0.3 is 9.67 Å². The number of benzene rings is 1. The fourth-order valence-electron chi connectivity index (χ4n) is 2.60. The molecule has 2 rings (SSSR count). The number of nitrogens with zero attached hydrogens (tertiary/aromatic N) is 1. The van der Waals surface area contributed by atoms with E-state index in [9.17, 15) is 14.7 Å². The quantitative estimate of drug-likeness (QED) is 0.920. The summed E-state index contributed by atoms with van der Waals surface area (Å²) in [6.07, 6.45) is 2.75. The van der Waals surface area contributed by atoms with Gasteiger partial charge in [0.25, 0.3) is 0 Å². The second-order valence-electron chi connectivity index (χ2n) is 5.56. The van der Waals surface area contributed by atoms with E-state index < -0.39 is 11.4 Å². The number of hydrogen-bond donors (Lipinski definition) is 1. The Morgan fingerprint density at radius 3 is 2.41 bits per heavy atom. The molecule has 1 aromatic heterocycles. The van der Waals surface area contributed by atoms with Gasteiger partial charge in [-0.25, -0.2) is 4.79 Å². The van der Waals surface area contributed by atoms with Crippen molar-refractivity contribution >= 4 is 5.97 Å². The van der Waals surface area contributed by atoms with Gasteiger partial charge in [0.1, 0.15) is 5.56 Å². The normalized spacial score (nSPS) is 10.7. The lowest BCUT2D eigenvalue weighted by molar-refractivity contribution is 0.0695. The number of rotatable bonds is 5. The Bertz CT molecular complexity index is 742. The molecule has 0 aliphatic rings. The summed E-state index contributed by atoms with van der Waals surface area (Å²) in [5.74, 6) is -1.18. The molecule has 0 atom stereocenters. The Kier molecular flexibility index (Phi) is 4.81. The van der Waals surface area contributed by atoms with Crippen LogP contribution in [0.2, 0.25) is 0 Å². The fourth-order valence-corrected chi connectivity index (χ4v) is 2.60. The van der Waals surface area contributed by atoms with E-state index in [4.69, 9.17) is 0 Å². The lowest BCUT2D eigenvalue weighted by Crippen LogP contribution is -2.22. The molecule has 0 radical (unpaired) electrons. The molecule has 0 amide bonds. The fraction of sp³-hybridized carbons (Fsp3) is 0.333. The standard InChI is InChI=1S/C18H21NO3/c1-4-5-6-14-11-15(20)16(18(21)22)17(19(14)3)13-9-7-12(2)8-10-13/h7-11H,4-6H2,1-3H3,(H,21,22). The van der Waals surface area contributed by atoms with Crippen molar-refractivity contribution in [1.29, 1.82) is 0 Å². The molecule has 1 aromatic carbocycles. The molecular formula is C18H21NO3. The highest BCUT2D eigenvalue weighted by Gasteiger charge is 2.20. The highest BCUT2D eigenvalue weighted by molar-refractivity contribution is 5.94. The second-order valence-corrected chi connectivity index (χ2v) is 5.56. The summed E-state index contributed by atoms with van der Waals surface area (Å²) in [5, 5.41) is 9.44. The smallest absolute Gasteiger partial charge is 0.341 e. The molecule has 116 valence electrons. The number of unbranched alkanes of at least 4 members (excludes halogenated alkanes) is 1. The lowest BCUT2D eigenvalue weighted by atomic mass is 10.0. The topological polar surface area (TPSA) is 59.3 Å². The van der Waals surface area contributed by atoms with Crippen LogP contribution in [0.1, 0.15) is 41.4 Å². The number of aromatic carboxylic acids is 1. The van der Waals surface area contributed by atoms with Crippen LogP contribution in [0.3, 0.4) is 0 Å². The van der Waals surface area contributed by atoms with Crippen molar-refractivity contribution in [2.45, 2.75) is 33.1 Å². The summed E-state index contributed by atoms with van der Waals surface area (Å²) in [5.41, 5.74) is 2.60. The van der Waals surface area contributed by atoms with Gasteiger partial charge in [0, 0.05) is 18.8 Å². The van der Waals surface area contributed by atoms with Crippen molar-refractivity contribution in [2.75, 3.05) is 0 Å². The van der Waals surface area contributed by atoms with Crippen molar-refractivity contribution in [1.82, 2.24) is 4.57 Å². The maximum atomic E-state index is 12.3. The zero-order chi connectivity index (χ0) is 16.3. The minimum atomic E-state index is -1.18. The Hall–Kier alpha value is -2.36. The van der Waals surface area contributed by atoms with E-state index in [1.54, 1.807) is 0 Å². The van der Waals surface area contributed by atoms with E-state index in [0.29, 0.717) is 5.69 Å². The molecular weight excluding hydrogens is 278 g/mol. The monoisotopic (exact) mass is 299 g/mol. The van der Waals surface area contributed by atoms with Gasteiger partial charge in [0.05, 0.1) is 5.69 Å². The maximum Gasteiger partial charge on any atom is 0.341 e. The van der Waals surface area contributed by atoms with Gasteiger partial charge in [-0.2, -0.15) is 0 Å². The van der Waals surface area contributed by atoms with Crippen LogP contribution in [0.5, 0.6) is 0 Å². The molecule has 4 nitrogen and oxygen atoms in total. The van der Waals surface area contributed by atoms with Crippen LogP contribution >= 0.6 is 0 Å². The molecule has 0 fully saturated rings. The Labute approximate surface area is 130 Å². The molecule has 0 aliphatic heterocycles. The van der Waals surface area contributed by atoms with Crippen LogP contribution in [0, 0.1) is 6.92 Å². The van der Waals surface area contributed by atoms with Crippen LogP contribution < -0.4 is 5.43 Å². The van der Waals surface area contributed by atoms with Crippen LogP contribution in [0.4, 0.5) is 0 Å². The Balaban J connectivity index is 2.72. The Morgan fingerprint density at radius 1 is 1.23 bits per heavy atom. The first kappa shape index (κ1) is 16.0. The van der Waals surface area contributed by atoms with E-state index in [1.807, 2.05) is 42.8 Å². The third kappa shape index (κ3) is 3.11. The van der Waals surface area contributed by atoms with Crippen molar-refractivity contribution in [3.63, 3.8) is 0 Å². The van der Waals surface area contributed by atoms with Gasteiger partial charge >= 0.3 is 5.97 Å². The third-order valence-electron chi connectivity index (χ3n) is 3.87. The van der Waals surface area contributed by atoms with E-state index >= 15 is 0 Å². The van der Waals surface area contributed by atoms with Gasteiger partial charge in [0.2, 0.25) is 0 Å². The Morgan fingerprint density at radius 2 is 1.86 bits per heavy atom. The van der Waals surface area contributed by atoms with Gasteiger partial charge in [-0.05, 0) is 25.3 Å². The first-order valence-corrected chi connectivity index (χ1v) is 7.49. The molecule has 22 heavy (non-hydrogen) atoms. The average Bonchev–Trinajstić information content (AvgIpc) is 2.48. The van der Waals surface area contributed by atoms with Gasteiger partial charge in [-0.15, -0.1) is 0 Å². The van der Waals surface area contributed by atoms with Crippen LogP contribution in [0.15, 0.2) is 35.1 Å². The van der Waals surface area contributed by atoms with E-state index in [1.165, 1.54) is 6.07 Å². The minimum Gasteiger partial charge on any atom is -0.477 e. The van der Waals surface area contributed by atoms with E-state index in [2.05, 4.69) is 6.92 Å². The third-order valence-corrected chi connectivity index (χ3v) is 3.87. The van der Waals surface area contributed by atoms with Crippen molar-refractivity contribution < 1.29 is 9.90 Å². The summed E-state index contributed by atoms with van der Waals surface area (Å²) in [6, 6.07) is 9.02. The van der Waals surface area contributed by atoms with Gasteiger partial charge in [-0.1, -0.05) is 43.2 Å². The number of aromatic nitrogens is 1. The first-order valence-electron chi connectivity index (χ1n) is 7.49. The molecule has 1 N–H and O–H groups in total. The van der Waals surface area contributed by atoms with Gasteiger partial charge in [0.15, 0.2) is 5.43 Å². The summed E-state index contributed by atoms with van der Waals surface area (Å²) in [4.78, 5) is 23.8. The zero-order valence-electron chi connectivity index (χ0n) is 13.2. The van der Waals surface area contributed by atoms with Crippen LogP contribution in [0.25, 0.3) is 11.3 Å². The van der Waals surface area contributed by atoms with E-state index in [-0.39, 0.29) is 5.56 Å². The number of carboxylic acid groups (broad SMARTS) is 1. The average molecular weight is 299 g/mol. The molecule has 0 spiro atoms. The summed E-state index contributed by atoms with van der Waals surface area (Å²) < 4.78 is 1.84. The summed E-state index contributed by atoms with van der Waals surface area (Å²) >= 11 is 0. The molecule has 2 aromatic rings. The first-order chi connectivity index (χ1) is 10.5. The number of carboxylic acids is 1. The van der Waals surface area contributed by atoms with Gasteiger partial charge in [-0.3, -0.25) is 4.79 Å². The zero-order valence-corrected chi connectivity index (χ0v) is 13.2. The molecule has 0 bridgehead atoms. The van der Waals surface area contributed by atoms with Crippen molar-refractivity contribution in [3.05, 3.63) is 57.4 Å². The molecule has 4 heteroatoms. The SMILES string of the molecule is CCCCc1cc(=O)c(C(=O)O)c(-c2ccc(C)cc2)n1C. The van der Waals surface area contributed by atoms with Crippen molar-refractivity contribution in [3.8, 4) is 11.3 Å².